The molecular weight excluding hydrogens is 344 g/mol. The van der Waals surface area contributed by atoms with Crippen LogP contribution in [0.25, 0.3) is 21.5 Å². The first kappa shape index (κ1) is 19.9. The highest BCUT2D eigenvalue weighted by atomic mass is 14.7. The molecule has 0 aliphatic rings. The fourth-order valence-electron chi connectivity index (χ4n) is 3.22. The molecule has 0 spiro atoms. The highest BCUT2D eigenvalue weighted by Gasteiger charge is 2.18. The molecular formula is C24H28N4. The van der Waals surface area contributed by atoms with Gasteiger partial charge in [-0.2, -0.15) is 0 Å². The monoisotopic (exact) mass is 372 g/mol. The van der Waals surface area contributed by atoms with E-state index in [0.717, 1.165) is 22.2 Å². The normalized spacial score (nSPS) is 11.9. The van der Waals surface area contributed by atoms with E-state index in [0.29, 0.717) is 0 Å². The second kappa shape index (κ2) is 7.63. The SMILES string of the molecule is CC(C)(C)c1nccc2ccncc12.CC(C)(C)c1nccc2cnccc12. The molecule has 0 aliphatic heterocycles. The van der Waals surface area contributed by atoms with Crippen LogP contribution in [0.15, 0.2) is 61.4 Å². The molecule has 0 N–H and O–H groups in total. The number of nitrogens with zero attached hydrogens (tertiary/aromatic N) is 4. The third-order valence-corrected chi connectivity index (χ3v) is 4.55. The van der Waals surface area contributed by atoms with Crippen LogP contribution in [0, 0.1) is 0 Å². The molecule has 4 heteroatoms. The molecule has 28 heavy (non-hydrogen) atoms. The summed E-state index contributed by atoms with van der Waals surface area (Å²) < 4.78 is 0. The molecule has 4 aromatic heterocycles. The Morgan fingerprint density at radius 1 is 0.536 bits per heavy atom. The first-order chi connectivity index (χ1) is 13.2. The highest BCUT2D eigenvalue weighted by molar-refractivity contribution is 5.84. The molecule has 0 saturated heterocycles. The largest absolute Gasteiger partial charge is 0.264 e. The topological polar surface area (TPSA) is 51.6 Å². The molecule has 0 saturated carbocycles. The molecule has 0 amide bonds. The number of hydrogen-bond acceptors (Lipinski definition) is 4. The van der Waals surface area contributed by atoms with E-state index in [-0.39, 0.29) is 10.8 Å². The van der Waals surface area contributed by atoms with Gasteiger partial charge in [-0.05, 0) is 29.7 Å². The Balaban J connectivity index is 0.000000161. The standard InChI is InChI=1S/2C12H14N2/c1-12(2,3)11-10-5-6-13-8-9(10)4-7-14-11;1-12(2,3)11-10-8-13-6-4-9(10)5-7-14-11/h2*4-8H,1-3H3. The van der Waals surface area contributed by atoms with Crippen LogP contribution in [0.3, 0.4) is 0 Å². The second-order valence-electron chi connectivity index (χ2n) is 9.01. The Labute approximate surface area is 167 Å². The van der Waals surface area contributed by atoms with E-state index in [1.807, 2.05) is 61.4 Å². The first-order valence-electron chi connectivity index (χ1n) is 9.56. The van der Waals surface area contributed by atoms with Crippen molar-refractivity contribution in [1.82, 2.24) is 19.9 Å². The lowest BCUT2D eigenvalue weighted by molar-refractivity contribution is 0.575. The maximum atomic E-state index is 4.45. The van der Waals surface area contributed by atoms with Gasteiger partial charge in [0.15, 0.2) is 0 Å². The Morgan fingerprint density at radius 2 is 1.04 bits per heavy atom. The molecule has 0 aliphatic carbocycles. The third-order valence-electron chi connectivity index (χ3n) is 4.55. The van der Waals surface area contributed by atoms with Gasteiger partial charge < -0.3 is 0 Å². The van der Waals surface area contributed by atoms with E-state index in [1.54, 1.807) is 0 Å². The van der Waals surface area contributed by atoms with E-state index in [1.165, 1.54) is 10.8 Å². The minimum atomic E-state index is 0.0720. The fourth-order valence-corrected chi connectivity index (χ4v) is 3.22. The summed E-state index contributed by atoms with van der Waals surface area (Å²) in [5.74, 6) is 0. The summed E-state index contributed by atoms with van der Waals surface area (Å²) in [4.78, 5) is 17.1. The summed E-state index contributed by atoms with van der Waals surface area (Å²) in [6.07, 6.45) is 11.1. The van der Waals surface area contributed by atoms with Crippen molar-refractivity contribution in [3.8, 4) is 0 Å². The van der Waals surface area contributed by atoms with Crippen molar-refractivity contribution in [3.05, 3.63) is 72.8 Å². The molecule has 0 aromatic carbocycles. The molecule has 4 nitrogen and oxygen atoms in total. The van der Waals surface area contributed by atoms with Crippen LogP contribution in [-0.4, -0.2) is 19.9 Å². The lowest BCUT2D eigenvalue weighted by atomic mass is 9.89. The van der Waals surface area contributed by atoms with Gasteiger partial charge in [-0.25, -0.2) is 0 Å². The highest BCUT2D eigenvalue weighted by Crippen LogP contribution is 2.27. The molecule has 0 atom stereocenters. The molecule has 144 valence electrons. The van der Waals surface area contributed by atoms with Crippen LogP contribution in [0.1, 0.15) is 52.9 Å². The second-order valence-corrected chi connectivity index (χ2v) is 9.01. The van der Waals surface area contributed by atoms with Crippen molar-refractivity contribution in [2.75, 3.05) is 0 Å². The number of hydrogen-bond donors (Lipinski definition) is 0. The van der Waals surface area contributed by atoms with Crippen LogP contribution < -0.4 is 0 Å². The molecule has 4 aromatic rings. The predicted octanol–water partition coefficient (Wildman–Crippen LogP) is 5.85. The molecule has 0 fully saturated rings. The Hall–Kier alpha value is -2.88. The number of pyridine rings is 4. The summed E-state index contributed by atoms with van der Waals surface area (Å²) >= 11 is 0. The van der Waals surface area contributed by atoms with Gasteiger partial charge in [0.2, 0.25) is 0 Å². The molecule has 0 radical (unpaired) electrons. The summed E-state index contributed by atoms with van der Waals surface area (Å²) in [6, 6.07) is 8.07. The third kappa shape index (κ3) is 4.33. The van der Waals surface area contributed by atoms with E-state index in [4.69, 9.17) is 0 Å². The van der Waals surface area contributed by atoms with E-state index >= 15 is 0 Å². The maximum absolute atomic E-state index is 4.45. The van der Waals surface area contributed by atoms with E-state index < -0.39 is 0 Å². The molecule has 0 unspecified atom stereocenters. The van der Waals surface area contributed by atoms with Gasteiger partial charge in [-0.15, -0.1) is 0 Å². The quantitative estimate of drug-likeness (QED) is 0.388. The van der Waals surface area contributed by atoms with Crippen LogP contribution >= 0.6 is 0 Å². The maximum Gasteiger partial charge on any atom is 0.0550 e. The lowest BCUT2D eigenvalue weighted by Gasteiger charge is -2.19. The van der Waals surface area contributed by atoms with Gasteiger partial charge in [-0.3, -0.25) is 19.9 Å². The molecule has 4 rings (SSSR count). The zero-order chi connectivity index (χ0) is 20.4. The Morgan fingerprint density at radius 3 is 1.68 bits per heavy atom. The summed E-state index contributed by atoms with van der Waals surface area (Å²) in [6.45, 7) is 13.0. The van der Waals surface area contributed by atoms with E-state index in [9.17, 15) is 0 Å². The van der Waals surface area contributed by atoms with Crippen LogP contribution in [0.4, 0.5) is 0 Å². The number of aromatic nitrogens is 4. The van der Waals surface area contributed by atoms with Gasteiger partial charge in [0.1, 0.15) is 0 Å². The van der Waals surface area contributed by atoms with Crippen molar-refractivity contribution in [2.24, 2.45) is 0 Å². The van der Waals surface area contributed by atoms with Crippen LogP contribution in [-0.2, 0) is 10.8 Å². The lowest BCUT2D eigenvalue weighted by Crippen LogP contribution is -2.13. The number of rotatable bonds is 0. The Kier molecular flexibility index (Phi) is 5.41. The Bertz CT molecular complexity index is 989. The van der Waals surface area contributed by atoms with Gasteiger partial charge in [-0.1, -0.05) is 41.5 Å². The zero-order valence-electron chi connectivity index (χ0n) is 17.6. The summed E-state index contributed by atoms with van der Waals surface area (Å²) in [7, 11) is 0. The van der Waals surface area contributed by atoms with Gasteiger partial charge in [0, 0.05) is 64.2 Å². The fraction of sp³-hybridized carbons (Fsp3) is 0.333. The zero-order valence-corrected chi connectivity index (χ0v) is 17.6. The van der Waals surface area contributed by atoms with Crippen molar-refractivity contribution in [1.29, 1.82) is 0 Å². The average molecular weight is 373 g/mol. The smallest absolute Gasteiger partial charge is 0.0550 e. The van der Waals surface area contributed by atoms with Crippen molar-refractivity contribution in [2.45, 2.75) is 52.4 Å². The predicted molar refractivity (Wildman–Crippen MR) is 116 cm³/mol. The van der Waals surface area contributed by atoms with Gasteiger partial charge in [0.05, 0.1) is 11.4 Å². The number of fused-ring (bicyclic) bond motifs is 2. The first-order valence-corrected chi connectivity index (χ1v) is 9.56. The van der Waals surface area contributed by atoms with Crippen LogP contribution in [0.2, 0.25) is 0 Å². The minimum absolute atomic E-state index is 0.0720. The van der Waals surface area contributed by atoms with Crippen molar-refractivity contribution in [3.63, 3.8) is 0 Å². The minimum Gasteiger partial charge on any atom is -0.264 e. The summed E-state index contributed by atoms with van der Waals surface area (Å²) in [5.41, 5.74) is 2.41. The van der Waals surface area contributed by atoms with E-state index in [2.05, 4.69) is 61.5 Å². The van der Waals surface area contributed by atoms with Gasteiger partial charge >= 0.3 is 0 Å². The summed E-state index contributed by atoms with van der Waals surface area (Å²) in [5, 5.41) is 4.73. The molecule has 4 heterocycles. The van der Waals surface area contributed by atoms with Crippen LogP contribution in [0.5, 0.6) is 0 Å². The average Bonchev–Trinajstić information content (AvgIpc) is 2.66. The van der Waals surface area contributed by atoms with Gasteiger partial charge in [0.25, 0.3) is 0 Å². The van der Waals surface area contributed by atoms with Crippen molar-refractivity contribution >= 4 is 21.5 Å². The van der Waals surface area contributed by atoms with Crippen molar-refractivity contribution < 1.29 is 0 Å². The molecule has 0 bridgehead atoms.